The van der Waals surface area contributed by atoms with E-state index in [1.165, 1.54) is 89.9 Å². The third-order valence-electron chi connectivity index (χ3n) is 5.57. The molecule has 0 aromatic rings. The Bertz CT molecular complexity index is 415. The molecule has 6 heteroatoms. The van der Waals surface area contributed by atoms with Crippen LogP contribution in [0.25, 0.3) is 0 Å². The van der Waals surface area contributed by atoms with Crippen molar-refractivity contribution in [2.45, 2.75) is 141 Å². The van der Waals surface area contributed by atoms with Crippen molar-refractivity contribution in [1.29, 1.82) is 0 Å². The van der Waals surface area contributed by atoms with E-state index < -0.39 is 10.1 Å². The molecule has 0 saturated heterocycles. The Morgan fingerprint density at radius 1 is 0.621 bits per heavy atom. The Morgan fingerprint density at radius 3 is 1.28 bits per heavy atom. The maximum atomic E-state index is 10.5. The molecular formula is C23H47KO4S. The second-order valence-electron chi connectivity index (χ2n) is 8.50. The Hall–Kier alpha value is 1.51. The number of hydrogen-bond donors (Lipinski definition) is 1. The molecule has 0 aliphatic heterocycles. The predicted molar refractivity (Wildman–Crippen MR) is 119 cm³/mol. The topological polar surface area (TPSA) is 77.4 Å². The molecular weight excluding hydrogens is 411 g/mol. The van der Waals surface area contributed by atoms with Crippen LogP contribution in [0.3, 0.4) is 0 Å². The number of aliphatic hydroxyl groups is 1. The van der Waals surface area contributed by atoms with E-state index in [1.54, 1.807) is 0 Å². The summed E-state index contributed by atoms with van der Waals surface area (Å²) in [5.74, 6) is -0.200. The van der Waals surface area contributed by atoms with Gasteiger partial charge >= 0.3 is 51.4 Å². The SMILES string of the molecule is CCCCCC(O)CCCCCCCCCCCCCCCCCS(=O)(=O)[O-].[K+]. The minimum atomic E-state index is -4.01. The maximum Gasteiger partial charge on any atom is 1.00 e. The van der Waals surface area contributed by atoms with Crippen LogP contribution in [0.5, 0.6) is 0 Å². The van der Waals surface area contributed by atoms with Gasteiger partial charge in [0.05, 0.1) is 16.2 Å². The second kappa shape index (κ2) is 24.2. The van der Waals surface area contributed by atoms with E-state index in [1.807, 2.05) is 0 Å². The van der Waals surface area contributed by atoms with Crippen molar-refractivity contribution in [1.82, 2.24) is 0 Å². The van der Waals surface area contributed by atoms with Gasteiger partial charge in [-0.1, -0.05) is 116 Å². The normalized spacial score (nSPS) is 12.7. The molecule has 0 fully saturated rings. The van der Waals surface area contributed by atoms with E-state index in [0.29, 0.717) is 6.42 Å². The van der Waals surface area contributed by atoms with Gasteiger partial charge in [0.25, 0.3) is 0 Å². The van der Waals surface area contributed by atoms with Gasteiger partial charge in [-0.15, -0.1) is 0 Å². The monoisotopic (exact) mass is 458 g/mol. The van der Waals surface area contributed by atoms with Crippen molar-refractivity contribution >= 4 is 10.1 Å². The summed E-state index contributed by atoms with van der Waals surface area (Å²) in [6, 6.07) is 0. The van der Waals surface area contributed by atoms with E-state index in [0.717, 1.165) is 32.1 Å². The standard InChI is InChI=1S/C23H48O4S.K/c1-2-3-17-20-23(24)21-18-15-13-11-9-7-5-4-6-8-10-12-14-16-19-22-28(25,26)27;/h23-24H,2-22H2,1H3,(H,25,26,27);/q;+1/p-1. The summed E-state index contributed by atoms with van der Waals surface area (Å²) in [5, 5.41) is 9.89. The zero-order valence-electron chi connectivity index (χ0n) is 19.5. The van der Waals surface area contributed by atoms with Crippen LogP contribution >= 0.6 is 0 Å². The van der Waals surface area contributed by atoms with Gasteiger partial charge in [0, 0.05) is 5.75 Å². The zero-order valence-corrected chi connectivity index (χ0v) is 23.4. The first-order chi connectivity index (χ1) is 13.5. The molecule has 0 bridgehead atoms. The van der Waals surface area contributed by atoms with Gasteiger partial charge in [-0.05, 0) is 19.3 Å². The second-order valence-corrected chi connectivity index (χ2v) is 10.0. The van der Waals surface area contributed by atoms with Crippen LogP contribution in [0.15, 0.2) is 0 Å². The molecule has 170 valence electrons. The number of aliphatic hydroxyl groups excluding tert-OH is 1. The molecule has 1 unspecified atom stereocenters. The van der Waals surface area contributed by atoms with Crippen molar-refractivity contribution in [2.24, 2.45) is 0 Å². The van der Waals surface area contributed by atoms with Gasteiger partial charge < -0.3 is 9.66 Å². The van der Waals surface area contributed by atoms with Crippen LogP contribution in [-0.2, 0) is 10.1 Å². The van der Waals surface area contributed by atoms with Gasteiger partial charge in [0.1, 0.15) is 0 Å². The number of hydrogen-bond acceptors (Lipinski definition) is 4. The summed E-state index contributed by atoms with van der Waals surface area (Å²) in [6.07, 6.45) is 23.4. The van der Waals surface area contributed by atoms with Crippen LogP contribution in [0, 0.1) is 0 Å². The molecule has 29 heavy (non-hydrogen) atoms. The Balaban J connectivity index is 0. The summed E-state index contributed by atoms with van der Waals surface area (Å²) < 4.78 is 31.4. The van der Waals surface area contributed by atoms with Crippen LogP contribution < -0.4 is 51.4 Å². The van der Waals surface area contributed by atoms with Crippen molar-refractivity contribution in [3.63, 3.8) is 0 Å². The van der Waals surface area contributed by atoms with Crippen LogP contribution in [0.1, 0.15) is 135 Å². The molecule has 0 aliphatic carbocycles. The molecule has 0 spiro atoms. The van der Waals surface area contributed by atoms with Gasteiger partial charge in [0.2, 0.25) is 0 Å². The summed E-state index contributed by atoms with van der Waals surface area (Å²) in [7, 11) is -4.01. The van der Waals surface area contributed by atoms with E-state index in [-0.39, 0.29) is 63.2 Å². The fourth-order valence-electron chi connectivity index (χ4n) is 3.73. The first-order valence-corrected chi connectivity index (χ1v) is 13.6. The first-order valence-electron chi connectivity index (χ1n) is 12.1. The van der Waals surface area contributed by atoms with E-state index in [9.17, 15) is 18.1 Å². The molecule has 0 radical (unpaired) electrons. The minimum absolute atomic E-state index is 0. The molecule has 0 aromatic heterocycles. The van der Waals surface area contributed by atoms with Crippen LogP contribution in [0.2, 0.25) is 0 Å². The van der Waals surface area contributed by atoms with Crippen molar-refractivity contribution in [2.75, 3.05) is 5.75 Å². The third kappa shape index (κ3) is 29.5. The summed E-state index contributed by atoms with van der Waals surface area (Å²) >= 11 is 0. The summed E-state index contributed by atoms with van der Waals surface area (Å²) in [5.41, 5.74) is 0. The molecule has 0 rings (SSSR count). The van der Waals surface area contributed by atoms with Gasteiger partial charge in [-0.2, -0.15) is 0 Å². The van der Waals surface area contributed by atoms with E-state index in [2.05, 4.69) is 6.92 Å². The Kier molecular flexibility index (Phi) is 27.2. The molecule has 1 atom stereocenters. The predicted octanol–water partition coefficient (Wildman–Crippen LogP) is 3.72. The summed E-state index contributed by atoms with van der Waals surface area (Å²) in [6.45, 7) is 2.20. The van der Waals surface area contributed by atoms with E-state index >= 15 is 0 Å². The van der Waals surface area contributed by atoms with Crippen molar-refractivity contribution in [3.05, 3.63) is 0 Å². The minimum Gasteiger partial charge on any atom is -0.748 e. The quantitative estimate of drug-likeness (QED) is 0.152. The first kappa shape index (κ1) is 32.7. The molecule has 0 amide bonds. The number of unbranched alkanes of at least 4 members (excludes halogenated alkanes) is 16. The fraction of sp³-hybridized carbons (Fsp3) is 1.00. The van der Waals surface area contributed by atoms with Crippen LogP contribution in [0.4, 0.5) is 0 Å². The Morgan fingerprint density at radius 2 is 0.931 bits per heavy atom. The zero-order chi connectivity index (χ0) is 20.9. The maximum absolute atomic E-state index is 10.5. The number of rotatable bonds is 22. The van der Waals surface area contributed by atoms with Crippen LogP contribution in [-0.4, -0.2) is 29.9 Å². The molecule has 0 saturated carbocycles. The van der Waals surface area contributed by atoms with Gasteiger partial charge in [-0.3, -0.25) is 0 Å². The smallest absolute Gasteiger partial charge is 0.748 e. The Labute approximate surface area is 224 Å². The third-order valence-corrected chi connectivity index (χ3v) is 6.36. The molecule has 1 N–H and O–H groups in total. The average molecular weight is 459 g/mol. The van der Waals surface area contributed by atoms with Crippen molar-refractivity contribution < 1.29 is 69.5 Å². The summed E-state index contributed by atoms with van der Waals surface area (Å²) in [4.78, 5) is 0. The molecule has 0 aromatic carbocycles. The molecule has 0 heterocycles. The molecule has 4 nitrogen and oxygen atoms in total. The van der Waals surface area contributed by atoms with Gasteiger partial charge in [-0.25, -0.2) is 8.42 Å². The largest absolute Gasteiger partial charge is 1.00 e. The van der Waals surface area contributed by atoms with E-state index in [4.69, 9.17) is 0 Å². The fourth-order valence-corrected chi connectivity index (χ4v) is 4.29. The van der Waals surface area contributed by atoms with Crippen molar-refractivity contribution in [3.8, 4) is 0 Å². The average Bonchev–Trinajstić information content (AvgIpc) is 2.63. The molecule has 0 aliphatic rings. The van der Waals surface area contributed by atoms with Gasteiger partial charge in [0.15, 0.2) is 0 Å².